The summed E-state index contributed by atoms with van der Waals surface area (Å²) in [5, 5.41) is 3.22. The summed E-state index contributed by atoms with van der Waals surface area (Å²) in [6.07, 6.45) is 6.49. The number of carbonyl (C=O) groups is 2. The molecule has 3 aromatic rings. The number of ether oxygens (including phenoxy) is 1. The maximum Gasteiger partial charge on any atom is 0.244 e. The molecule has 0 aromatic heterocycles. The molecule has 8 nitrogen and oxygen atoms in total. The van der Waals surface area contributed by atoms with Gasteiger partial charge < -0.3 is 15.0 Å². The maximum atomic E-state index is 14.2. The number of rotatable bonds is 13. The molecule has 1 fully saturated rings. The van der Waals surface area contributed by atoms with Crippen molar-refractivity contribution < 1.29 is 22.7 Å². The number of amides is 2. The van der Waals surface area contributed by atoms with Crippen LogP contribution in [0.3, 0.4) is 0 Å². The first-order chi connectivity index (χ1) is 20.2. The van der Waals surface area contributed by atoms with E-state index < -0.39 is 28.5 Å². The van der Waals surface area contributed by atoms with E-state index in [2.05, 4.69) is 5.32 Å². The minimum atomic E-state index is -3.83. The van der Waals surface area contributed by atoms with Crippen molar-refractivity contribution >= 4 is 27.5 Å². The van der Waals surface area contributed by atoms with Gasteiger partial charge in [-0.25, -0.2) is 8.42 Å². The second-order valence-corrected chi connectivity index (χ2v) is 12.7. The van der Waals surface area contributed by atoms with Gasteiger partial charge in [0.25, 0.3) is 0 Å². The SMILES string of the molecule is CCOc1ccc(N(CC(=O)N(Cc2ccccc2)C(Cc2ccccc2)C(=O)NC2CCCCC2)S(C)(=O)=O)cc1. The highest BCUT2D eigenvalue weighted by molar-refractivity contribution is 7.92. The van der Waals surface area contributed by atoms with E-state index in [1.54, 1.807) is 24.3 Å². The molecule has 0 saturated heterocycles. The van der Waals surface area contributed by atoms with Crippen molar-refractivity contribution in [1.29, 1.82) is 0 Å². The summed E-state index contributed by atoms with van der Waals surface area (Å²) in [6, 6.07) is 24.9. The van der Waals surface area contributed by atoms with E-state index in [1.165, 1.54) is 4.90 Å². The first kappa shape index (κ1) is 31.1. The van der Waals surface area contributed by atoms with Gasteiger partial charge >= 0.3 is 0 Å². The number of sulfonamides is 1. The summed E-state index contributed by atoms with van der Waals surface area (Å²) in [7, 11) is -3.83. The van der Waals surface area contributed by atoms with E-state index in [1.807, 2.05) is 67.6 Å². The normalized spacial score (nSPS) is 14.5. The Morgan fingerprint density at radius 2 is 1.48 bits per heavy atom. The van der Waals surface area contributed by atoms with Gasteiger partial charge in [0, 0.05) is 19.0 Å². The first-order valence-electron chi connectivity index (χ1n) is 14.6. The molecule has 2 amide bonds. The molecule has 1 unspecified atom stereocenters. The molecule has 224 valence electrons. The van der Waals surface area contributed by atoms with Crippen molar-refractivity contribution in [1.82, 2.24) is 10.2 Å². The van der Waals surface area contributed by atoms with Crippen LogP contribution in [-0.4, -0.2) is 56.6 Å². The van der Waals surface area contributed by atoms with Crippen LogP contribution in [-0.2, 0) is 32.6 Å². The first-order valence-corrected chi connectivity index (χ1v) is 16.5. The standard InChI is InChI=1S/C33H41N3O5S/c1-3-41-30-21-19-29(20-22-30)36(42(2,39)40)25-32(37)35(24-27-15-9-5-10-16-27)31(23-26-13-7-4-8-14-26)33(38)34-28-17-11-6-12-18-28/h4-5,7-10,13-16,19-22,28,31H,3,6,11-12,17-18,23-25H2,1-2H3,(H,34,38). The third kappa shape index (κ3) is 8.82. The Morgan fingerprint density at radius 1 is 0.881 bits per heavy atom. The second kappa shape index (κ2) is 14.9. The zero-order valence-electron chi connectivity index (χ0n) is 24.4. The maximum absolute atomic E-state index is 14.2. The van der Waals surface area contributed by atoms with Crippen LogP contribution in [0.4, 0.5) is 5.69 Å². The third-order valence-electron chi connectivity index (χ3n) is 7.53. The molecule has 0 spiro atoms. The third-order valence-corrected chi connectivity index (χ3v) is 8.67. The molecule has 3 aromatic carbocycles. The average Bonchev–Trinajstić information content (AvgIpc) is 2.99. The second-order valence-electron chi connectivity index (χ2n) is 10.8. The van der Waals surface area contributed by atoms with Gasteiger partial charge in [0.2, 0.25) is 21.8 Å². The highest BCUT2D eigenvalue weighted by Gasteiger charge is 2.34. The summed E-state index contributed by atoms with van der Waals surface area (Å²) >= 11 is 0. The lowest BCUT2D eigenvalue weighted by Crippen LogP contribution is -2.55. The average molecular weight is 592 g/mol. The smallest absolute Gasteiger partial charge is 0.244 e. The Balaban J connectivity index is 1.68. The van der Waals surface area contributed by atoms with E-state index in [9.17, 15) is 18.0 Å². The summed E-state index contributed by atoms with van der Waals surface area (Å²) in [4.78, 5) is 29.7. The number of nitrogens with one attached hydrogen (secondary N) is 1. The minimum Gasteiger partial charge on any atom is -0.494 e. The molecule has 0 bridgehead atoms. The van der Waals surface area contributed by atoms with E-state index >= 15 is 0 Å². The Hall–Kier alpha value is -3.85. The van der Waals surface area contributed by atoms with Crippen LogP contribution < -0.4 is 14.4 Å². The molecule has 1 aliphatic rings. The van der Waals surface area contributed by atoms with Gasteiger partial charge in [-0.3, -0.25) is 13.9 Å². The minimum absolute atomic E-state index is 0.0644. The topological polar surface area (TPSA) is 96.0 Å². The fourth-order valence-electron chi connectivity index (χ4n) is 5.37. The molecule has 4 rings (SSSR count). The van der Waals surface area contributed by atoms with Crippen LogP contribution >= 0.6 is 0 Å². The summed E-state index contributed by atoms with van der Waals surface area (Å²) in [5.41, 5.74) is 2.11. The number of benzene rings is 3. The van der Waals surface area contributed by atoms with Crippen LogP contribution in [0.25, 0.3) is 0 Å². The molecule has 1 N–H and O–H groups in total. The number of carbonyl (C=O) groups excluding carboxylic acids is 2. The van der Waals surface area contributed by atoms with Gasteiger partial charge in [0.05, 0.1) is 18.6 Å². The van der Waals surface area contributed by atoms with Gasteiger partial charge in [-0.15, -0.1) is 0 Å². The molecule has 1 saturated carbocycles. The highest BCUT2D eigenvalue weighted by Crippen LogP contribution is 2.24. The monoisotopic (exact) mass is 591 g/mol. The predicted octanol–water partition coefficient (Wildman–Crippen LogP) is 4.94. The molecule has 0 aliphatic heterocycles. The lowest BCUT2D eigenvalue weighted by molar-refractivity contribution is -0.140. The van der Waals surface area contributed by atoms with Gasteiger partial charge in [0.1, 0.15) is 18.3 Å². The largest absolute Gasteiger partial charge is 0.494 e. The number of hydrogen-bond donors (Lipinski definition) is 1. The molecule has 42 heavy (non-hydrogen) atoms. The van der Waals surface area contributed by atoms with Crippen LogP contribution in [0.15, 0.2) is 84.9 Å². The van der Waals surface area contributed by atoms with Gasteiger partial charge in [-0.2, -0.15) is 0 Å². The van der Waals surface area contributed by atoms with Gasteiger partial charge in [0.15, 0.2) is 0 Å². The quantitative estimate of drug-likeness (QED) is 0.304. The molecule has 0 heterocycles. The zero-order chi connectivity index (χ0) is 30.0. The molecule has 1 aliphatic carbocycles. The van der Waals surface area contributed by atoms with Crippen molar-refractivity contribution in [3.63, 3.8) is 0 Å². The lowest BCUT2D eigenvalue weighted by atomic mass is 9.94. The van der Waals surface area contributed by atoms with E-state index in [0.717, 1.165) is 53.8 Å². The Kier molecular flexibility index (Phi) is 11.0. The number of anilines is 1. The molecular weight excluding hydrogens is 550 g/mol. The predicted molar refractivity (Wildman–Crippen MR) is 166 cm³/mol. The van der Waals surface area contributed by atoms with Crippen LogP contribution in [0.5, 0.6) is 5.75 Å². The van der Waals surface area contributed by atoms with Gasteiger partial charge in [-0.05, 0) is 55.2 Å². The van der Waals surface area contributed by atoms with Crippen LogP contribution in [0, 0.1) is 0 Å². The molecule has 9 heteroatoms. The van der Waals surface area contributed by atoms with Gasteiger partial charge in [-0.1, -0.05) is 79.9 Å². The lowest BCUT2D eigenvalue weighted by Gasteiger charge is -2.35. The van der Waals surface area contributed by atoms with Crippen molar-refractivity contribution in [2.45, 2.75) is 64.1 Å². The zero-order valence-corrected chi connectivity index (χ0v) is 25.3. The number of hydrogen-bond acceptors (Lipinski definition) is 5. The van der Waals surface area contributed by atoms with Crippen LogP contribution in [0.1, 0.15) is 50.2 Å². The van der Waals surface area contributed by atoms with Crippen molar-refractivity contribution in [3.8, 4) is 5.75 Å². The van der Waals surface area contributed by atoms with E-state index in [-0.39, 0.29) is 18.5 Å². The number of nitrogens with zero attached hydrogens (tertiary/aromatic N) is 2. The Labute approximate surface area is 249 Å². The van der Waals surface area contributed by atoms with Crippen LogP contribution in [0.2, 0.25) is 0 Å². The molecular formula is C33H41N3O5S. The van der Waals surface area contributed by atoms with Crippen molar-refractivity contribution in [2.24, 2.45) is 0 Å². The van der Waals surface area contributed by atoms with Crippen molar-refractivity contribution in [3.05, 3.63) is 96.1 Å². The van der Waals surface area contributed by atoms with Crippen molar-refractivity contribution in [2.75, 3.05) is 23.7 Å². The summed E-state index contributed by atoms with van der Waals surface area (Å²) in [5.74, 6) is -0.0751. The van der Waals surface area contributed by atoms with E-state index in [4.69, 9.17) is 4.74 Å². The fraction of sp³-hybridized carbons (Fsp3) is 0.394. The summed E-state index contributed by atoms with van der Waals surface area (Å²) in [6.45, 7) is 2.07. The Morgan fingerprint density at radius 3 is 2.05 bits per heavy atom. The molecule has 0 radical (unpaired) electrons. The molecule has 1 atom stereocenters. The fourth-order valence-corrected chi connectivity index (χ4v) is 6.22. The highest BCUT2D eigenvalue weighted by atomic mass is 32.2. The Bertz CT molecular complexity index is 1390. The summed E-state index contributed by atoms with van der Waals surface area (Å²) < 4.78 is 32.5. The van der Waals surface area contributed by atoms with E-state index in [0.29, 0.717) is 24.5 Å².